The molecule has 0 saturated carbocycles. The van der Waals surface area contributed by atoms with E-state index in [1.807, 2.05) is 47.5 Å². The Labute approximate surface area is 252 Å². The number of anilines is 2. The van der Waals surface area contributed by atoms with E-state index in [4.69, 9.17) is 0 Å². The van der Waals surface area contributed by atoms with E-state index in [2.05, 4.69) is 26.4 Å². The van der Waals surface area contributed by atoms with Crippen molar-refractivity contribution in [3.8, 4) is 0 Å². The van der Waals surface area contributed by atoms with Gasteiger partial charge in [-0.05, 0) is 78.8 Å². The van der Waals surface area contributed by atoms with Crippen molar-refractivity contribution in [3.05, 3.63) is 89.9 Å². The first kappa shape index (κ1) is 29.5. The van der Waals surface area contributed by atoms with Gasteiger partial charge in [-0.15, -0.1) is 5.10 Å². The average molecular weight is 604 g/mol. The van der Waals surface area contributed by atoms with Crippen LogP contribution in [0.4, 0.5) is 24.8 Å². The number of aromatic nitrogens is 4. The summed E-state index contributed by atoms with van der Waals surface area (Å²) in [5.74, 6) is 0.00394. The minimum absolute atomic E-state index is 0.0183. The fourth-order valence-electron chi connectivity index (χ4n) is 5.88. The maximum atomic E-state index is 13.1. The van der Waals surface area contributed by atoms with Gasteiger partial charge in [0, 0.05) is 61.6 Å². The normalized spacial score (nSPS) is 17.6. The molecule has 228 valence electrons. The van der Waals surface area contributed by atoms with Gasteiger partial charge in [-0.25, -0.2) is 4.52 Å². The second-order valence-electron chi connectivity index (χ2n) is 11.3. The molecule has 1 saturated heterocycles. The number of hydrogen-bond acceptors (Lipinski definition) is 7. The quantitative estimate of drug-likeness (QED) is 0.282. The topological polar surface area (TPSA) is 95.7 Å². The highest BCUT2D eigenvalue weighted by Gasteiger charge is 2.32. The van der Waals surface area contributed by atoms with Gasteiger partial charge in [0.2, 0.25) is 5.95 Å². The molecule has 1 N–H and O–H groups in total. The third kappa shape index (κ3) is 7.13. The zero-order valence-electron chi connectivity index (χ0n) is 24.0. The van der Waals surface area contributed by atoms with Gasteiger partial charge < -0.3 is 10.2 Å². The summed E-state index contributed by atoms with van der Waals surface area (Å²) in [5.41, 5.74) is 5.08. The summed E-state index contributed by atoms with van der Waals surface area (Å²) in [4.78, 5) is 37.4. The van der Waals surface area contributed by atoms with E-state index in [9.17, 15) is 22.8 Å². The number of rotatable bonds is 9. The molecular formula is C32H32F3N7O2. The standard InChI is InChI=1S/C32H32F3N7O2/c33-32(34,35)18-27(43)21-40-14-10-24(11-15-40)28-4-2-13-42-29(28)38-31(39-42)37-26-7-5-25(6-8-26)30(44)41-16-9-23(20-41)17-22-3-1-12-36-19-22/h1-8,10,12-13,19,23H,9,11,14-18,20-21H2,(H,37,39). The minimum atomic E-state index is -4.48. The second kappa shape index (κ2) is 12.6. The van der Waals surface area contributed by atoms with Gasteiger partial charge in [0.05, 0.1) is 6.54 Å². The molecule has 0 radical (unpaired) electrons. The molecule has 2 aliphatic rings. The molecule has 3 aromatic heterocycles. The monoisotopic (exact) mass is 603 g/mol. The Kier molecular flexibility index (Phi) is 8.42. The number of likely N-dealkylation sites (tertiary alicyclic amines) is 1. The van der Waals surface area contributed by atoms with Gasteiger partial charge in [0.25, 0.3) is 5.91 Å². The summed E-state index contributed by atoms with van der Waals surface area (Å²) in [7, 11) is 0. The van der Waals surface area contributed by atoms with Crippen LogP contribution >= 0.6 is 0 Å². The highest BCUT2D eigenvalue weighted by molar-refractivity contribution is 5.94. The zero-order chi connectivity index (χ0) is 30.7. The molecule has 1 amide bonds. The number of alkyl halides is 3. The first-order valence-electron chi connectivity index (χ1n) is 14.6. The van der Waals surface area contributed by atoms with Crippen molar-refractivity contribution in [2.24, 2.45) is 5.92 Å². The molecule has 5 heterocycles. The number of fused-ring (bicyclic) bond motifs is 1. The number of nitrogens with one attached hydrogen (secondary N) is 1. The lowest BCUT2D eigenvalue weighted by Crippen LogP contribution is -2.35. The minimum Gasteiger partial charge on any atom is -0.338 e. The van der Waals surface area contributed by atoms with Gasteiger partial charge in [-0.3, -0.25) is 19.5 Å². The summed E-state index contributed by atoms with van der Waals surface area (Å²) in [6.45, 7) is 2.10. The van der Waals surface area contributed by atoms with E-state index < -0.39 is 18.4 Å². The van der Waals surface area contributed by atoms with Crippen LogP contribution in [0.2, 0.25) is 0 Å². The SMILES string of the molecule is O=C(CN1CC=C(c2cccn3nc(Nc4ccc(C(=O)N5CCC(Cc6cccnc6)C5)cc4)nc23)CC1)CC(F)(F)F. The Balaban J connectivity index is 1.07. The number of benzene rings is 1. The lowest BCUT2D eigenvalue weighted by molar-refractivity contribution is -0.152. The van der Waals surface area contributed by atoms with E-state index in [0.29, 0.717) is 42.6 Å². The number of hydrogen-bond donors (Lipinski definition) is 1. The molecule has 2 aliphatic heterocycles. The van der Waals surface area contributed by atoms with Gasteiger partial charge >= 0.3 is 6.18 Å². The molecular weight excluding hydrogens is 571 g/mol. The molecule has 9 nitrogen and oxygen atoms in total. The van der Waals surface area contributed by atoms with Crippen LogP contribution in [0.3, 0.4) is 0 Å². The Hall–Kier alpha value is -4.58. The fraction of sp³-hybridized carbons (Fsp3) is 0.344. The molecule has 6 rings (SSSR count). The van der Waals surface area contributed by atoms with E-state index in [0.717, 1.165) is 42.8 Å². The van der Waals surface area contributed by atoms with E-state index in [1.165, 1.54) is 5.56 Å². The lowest BCUT2D eigenvalue weighted by Gasteiger charge is -2.26. The van der Waals surface area contributed by atoms with Crippen molar-refractivity contribution < 1.29 is 22.8 Å². The summed E-state index contributed by atoms with van der Waals surface area (Å²) >= 11 is 0. The van der Waals surface area contributed by atoms with Crippen LogP contribution in [0.5, 0.6) is 0 Å². The summed E-state index contributed by atoms with van der Waals surface area (Å²) in [6, 6.07) is 15.1. The first-order valence-corrected chi connectivity index (χ1v) is 14.6. The Bertz CT molecular complexity index is 1670. The lowest BCUT2D eigenvalue weighted by atomic mass is 10.00. The van der Waals surface area contributed by atoms with Crippen molar-refractivity contribution in [1.82, 2.24) is 29.4 Å². The number of pyridine rings is 2. The number of Topliss-reactive ketones (excluding diaryl/α,β-unsaturated/α-hetero) is 1. The number of amides is 1. The highest BCUT2D eigenvalue weighted by Crippen LogP contribution is 2.28. The van der Waals surface area contributed by atoms with Crippen LogP contribution in [0.15, 0.2) is 73.2 Å². The molecule has 1 aromatic carbocycles. The van der Waals surface area contributed by atoms with Crippen LogP contribution < -0.4 is 5.32 Å². The molecule has 1 fully saturated rings. The number of carbonyl (C=O) groups excluding carboxylic acids is 2. The smallest absolute Gasteiger partial charge is 0.338 e. The van der Waals surface area contributed by atoms with Crippen molar-refractivity contribution in [1.29, 1.82) is 0 Å². The van der Waals surface area contributed by atoms with Gasteiger partial charge in [-0.2, -0.15) is 18.2 Å². The maximum absolute atomic E-state index is 13.1. The molecule has 1 atom stereocenters. The Morgan fingerprint density at radius 1 is 1.05 bits per heavy atom. The van der Waals surface area contributed by atoms with Gasteiger partial charge in [0.1, 0.15) is 6.42 Å². The second-order valence-corrected chi connectivity index (χ2v) is 11.3. The van der Waals surface area contributed by atoms with E-state index >= 15 is 0 Å². The van der Waals surface area contributed by atoms with E-state index in [-0.39, 0.29) is 12.5 Å². The van der Waals surface area contributed by atoms with Crippen molar-refractivity contribution in [2.75, 3.05) is 38.0 Å². The molecule has 44 heavy (non-hydrogen) atoms. The molecule has 4 aromatic rings. The van der Waals surface area contributed by atoms with Crippen LogP contribution in [0.25, 0.3) is 11.2 Å². The van der Waals surface area contributed by atoms with E-state index in [1.54, 1.807) is 33.9 Å². The van der Waals surface area contributed by atoms with Crippen LogP contribution in [-0.2, 0) is 11.2 Å². The Morgan fingerprint density at radius 3 is 2.61 bits per heavy atom. The Morgan fingerprint density at radius 2 is 1.89 bits per heavy atom. The van der Waals surface area contributed by atoms with Crippen LogP contribution in [0, 0.1) is 5.92 Å². The molecule has 1 unspecified atom stereocenters. The molecule has 0 aliphatic carbocycles. The zero-order valence-corrected chi connectivity index (χ0v) is 24.0. The predicted octanol–water partition coefficient (Wildman–Crippen LogP) is 5.18. The largest absolute Gasteiger partial charge is 0.395 e. The predicted molar refractivity (Wildman–Crippen MR) is 159 cm³/mol. The third-order valence-corrected chi connectivity index (χ3v) is 8.01. The summed E-state index contributed by atoms with van der Waals surface area (Å²) < 4.78 is 39.2. The summed E-state index contributed by atoms with van der Waals surface area (Å²) in [6.07, 6.45) is 3.94. The van der Waals surface area contributed by atoms with Crippen LogP contribution in [-0.4, -0.2) is 80.0 Å². The van der Waals surface area contributed by atoms with Crippen molar-refractivity contribution in [2.45, 2.75) is 31.9 Å². The molecule has 0 spiro atoms. The van der Waals surface area contributed by atoms with Gasteiger partial charge in [0.15, 0.2) is 11.4 Å². The molecule has 0 bridgehead atoms. The number of carbonyl (C=O) groups is 2. The van der Waals surface area contributed by atoms with Crippen molar-refractivity contribution in [3.63, 3.8) is 0 Å². The number of ketones is 1. The maximum Gasteiger partial charge on any atom is 0.395 e. The van der Waals surface area contributed by atoms with Crippen molar-refractivity contribution >= 4 is 34.5 Å². The average Bonchev–Trinajstić information content (AvgIpc) is 3.64. The molecule has 12 heteroatoms. The third-order valence-electron chi connectivity index (χ3n) is 8.01. The van der Waals surface area contributed by atoms with Crippen LogP contribution in [0.1, 0.15) is 40.7 Å². The fourth-order valence-corrected chi connectivity index (χ4v) is 5.88. The first-order chi connectivity index (χ1) is 21.2. The summed E-state index contributed by atoms with van der Waals surface area (Å²) in [5, 5.41) is 7.75. The number of nitrogens with zero attached hydrogens (tertiary/aromatic N) is 6. The van der Waals surface area contributed by atoms with Gasteiger partial charge in [-0.1, -0.05) is 12.1 Å². The highest BCUT2D eigenvalue weighted by atomic mass is 19.4. The number of halogens is 3.